The quantitative estimate of drug-likeness (QED) is 0.258. The van der Waals surface area contributed by atoms with Crippen molar-refractivity contribution in [1.82, 2.24) is 0 Å². The summed E-state index contributed by atoms with van der Waals surface area (Å²) in [7, 11) is 0. The number of ether oxygens (including phenoxy) is 3. The van der Waals surface area contributed by atoms with E-state index in [9.17, 15) is 4.79 Å². The predicted octanol–water partition coefficient (Wildman–Crippen LogP) is 6.53. The number of hydrogen-bond donors (Lipinski definition) is 0. The molecule has 0 spiro atoms. The second-order valence-electron chi connectivity index (χ2n) is 8.65. The lowest BCUT2D eigenvalue weighted by Crippen LogP contribution is -2.39. The minimum Gasteiger partial charge on any atom is -0.487 e. The molecular weight excluding hydrogens is 525 g/mol. The van der Waals surface area contributed by atoms with E-state index in [-0.39, 0.29) is 12.2 Å². The third kappa shape index (κ3) is 5.32. The van der Waals surface area contributed by atoms with Crippen LogP contribution in [-0.2, 0) is 16.1 Å². The summed E-state index contributed by atoms with van der Waals surface area (Å²) < 4.78 is 19.5. The fourth-order valence-electron chi connectivity index (χ4n) is 3.28. The Hall–Kier alpha value is -1.84. The summed E-state index contributed by atoms with van der Waals surface area (Å²) in [5.41, 5.74) is 2.48. The number of anilines is 1. The van der Waals surface area contributed by atoms with Crippen molar-refractivity contribution in [2.45, 2.75) is 46.0 Å². The molecule has 2 aromatic carbocycles. The molecule has 0 N–H and O–H groups in total. The normalized spacial score (nSPS) is 15.7. The monoisotopic (exact) mass is 551 g/mol. The van der Waals surface area contributed by atoms with Gasteiger partial charge in [-0.25, -0.2) is 4.79 Å². The summed E-state index contributed by atoms with van der Waals surface area (Å²) in [5.74, 6) is 0.776. The Morgan fingerprint density at radius 2 is 2.00 bits per heavy atom. The number of aryl methyl sites for hydroxylation is 1. The van der Waals surface area contributed by atoms with Gasteiger partial charge in [-0.3, -0.25) is 4.90 Å². The van der Waals surface area contributed by atoms with Crippen LogP contribution >= 0.6 is 33.9 Å². The van der Waals surface area contributed by atoms with Gasteiger partial charge in [0, 0.05) is 15.0 Å². The lowest BCUT2D eigenvalue weighted by molar-refractivity contribution is 0.0577. The summed E-state index contributed by atoms with van der Waals surface area (Å²) in [6, 6.07) is 12.1. The molecular formula is C24H26INO4S. The van der Waals surface area contributed by atoms with Crippen LogP contribution in [0.2, 0.25) is 0 Å². The number of fused-ring (bicyclic) bond motifs is 1. The van der Waals surface area contributed by atoms with Crippen molar-refractivity contribution in [2.75, 3.05) is 18.1 Å². The van der Waals surface area contributed by atoms with Crippen LogP contribution in [-0.4, -0.2) is 30.9 Å². The van der Waals surface area contributed by atoms with Gasteiger partial charge in [0.05, 0.1) is 29.6 Å². The molecule has 0 unspecified atom stereocenters. The average molecular weight is 551 g/mol. The molecule has 1 aromatic heterocycles. The molecule has 1 aliphatic heterocycles. The third-order valence-electron chi connectivity index (χ3n) is 4.84. The summed E-state index contributed by atoms with van der Waals surface area (Å²) in [6.45, 7) is 9.30. The van der Waals surface area contributed by atoms with Gasteiger partial charge in [-0.05, 0) is 66.8 Å². The molecule has 0 aliphatic carbocycles. The Kier molecular flexibility index (Phi) is 6.46. The predicted molar refractivity (Wildman–Crippen MR) is 133 cm³/mol. The van der Waals surface area contributed by atoms with E-state index < -0.39 is 5.60 Å². The minimum atomic E-state index is -0.583. The highest BCUT2D eigenvalue weighted by Gasteiger charge is 2.33. The summed E-state index contributed by atoms with van der Waals surface area (Å²) in [4.78, 5) is 14.8. The number of amides is 1. The lowest BCUT2D eigenvalue weighted by Gasteiger charge is -2.28. The third-order valence-corrected chi connectivity index (χ3v) is 7.05. The highest BCUT2D eigenvalue weighted by Crippen LogP contribution is 2.43. The van der Waals surface area contributed by atoms with Crippen LogP contribution in [0.5, 0.6) is 5.75 Å². The number of hydrogen-bond acceptors (Lipinski definition) is 5. The Labute approximate surface area is 200 Å². The lowest BCUT2D eigenvalue weighted by atomic mass is 10.1. The molecule has 7 heteroatoms. The van der Waals surface area contributed by atoms with Gasteiger partial charge >= 0.3 is 6.09 Å². The highest BCUT2D eigenvalue weighted by atomic mass is 127. The summed E-state index contributed by atoms with van der Waals surface area (Å²) in [5, 5.41) is 3.25. The number of carbonyl (C=O) groups is 1. The second kappa shape index (κ2) is 8.96. The SMILES string of the molecule is Cc1csc2c(OCc3ccccc3)cc(N(C[C@H]3CO3)C(=O)OC(C)(C)C)c(I)c12. The first-order valence-electron chi connectivity index (χ1n) is 10.2. The van der Waals surface area contributed by atoms with Gasteiger partial charge in [0.2, 0.25) is 0 Å². The molecule has 0 bridgehead atoms. The number of carbonyl (C=O) groups excluding carboxylic acids is 1. The van der Waals surface area contributed by atoms with E-state index in [0.29, 0.717) is 19.8 Å². The van der Waals surface area contributed by atoms with Crippen LogP contribution in [0.15, 0.2) is 41.8 Å². The average Bonchev–Trinajstić information content (AvgIpc) is 3.45. The van der Waals surface area contributed by atoms with Crippen molar-refractivity contribution in [3.05, 3.63) is 56.5 Å². The topological polar surface area (TPSA) is 51.3 Å². The van der Waals surface area contributed by atoms with E-state index >= 15 is 0 Å². The number of nitrogens with zero attached hydrogens (tertiary/aromatic N) is 1. The number of rotatable bonds is 6. The van der Waals surface area contributed by atoms with Crippen LogP contribution in [0.1, 0.15) is 31.9 Å². The van der Waals surface area contributed by atoms with Gasteiger partial charge in [0.25, 0.3) is 0 Å². The molecule has 31 heavy (non-hydrogen) atoms. The smallest absolute Gasteiger partial charge is 0.414 e. The molecule has 1 amide bonds. The van der Waals surface area contributed by atoms with Crippen molar-refractivity contribution in [1.29, 1.82) is 0 Å². The van der Waals surface area contributed by atoms with E-state index in [1.807, 2.05) is 57.2 Å². The molecule has 0 saturated carbocycles. The zero-order valence-corrected chi connectivity index (χ0v) is 21.1. The standard InChI is InChI=1S/C24H26INO4S/c1-15-14-31-22-19(29-12-16-8-6-5-7-9-16)10-18(21(25)20(15)22)26(11-17-13-28-17)23(27)30-24(2,3)4/h5-10,14,17H,11-13H2,1-4H3/t17-/m0/s1. The molecule has 1 saturated heterocycles. The first-order chi connectivity index (χ1) is 14.7. The molecule has 5 nitrogen and oxygen atoms in total. The Balaban J connectivity index is 1.74. The largest absolute Gasteiger partial charge is 0.487 e. The maximum atomic E-state index is 13.1. The Morgan fingerprint density at radius 3 is 2.65 bits per heavy atom. The number of epoxide rings is 1. The highest BCUT2D eigenvalue weighted by molar-refractivity contribution is 14.1. The van der Waals surface area contributed by atoms with Crippen LogP contribution in [0, 0.1) is 10.5 Å². The van der Waals surface area contributed by atoms with Crippen LogP contribution in [0.4, 0.5) is 10.5 Å². The van der Waals surface area contributed by atoms with Gasteiger partial charge in [0.1, 0.15) is 18.0 Å². The molecule has 3 aromatic rings. The van der Waals surface area contributed by atoms with Crippen molar-refractivity contribution in [3.63, 3.8) is 0 Å². The van der Waals surface area contributed by atoms with Crippen molar-refractivity contribution in [2.24, 2.45) is 0 Å². The van der Waals surface area contributed by atoms with Crippen LogP contribution in [0.3, 0.4) is 0 Å². The van der Waals surface area contributed by atoms with Gasteiger partial charge in [-0.2, -0.15) is 0 Å². The van der Waals surface area contributed by atoms with Gasteiger partial charge in [0.15, 0.2) is 0 Å². The van der Waals surface area contributed by atoms with E-state index in [1.54, 1.807) is 16.2 Å². The first kappa shape index (κ1) is 22.4. The zero-order valence-electron chi connectivity index (χ0n) is 18.1. The summed E-state index contributed by atoms with van der Waals surface area (Å²) >= 11 is 4.00. The van der Waals surface area contributed by atoms with Crippen LogP contribution in [0.25, 0.3) is 10.1 Å². The van der Waals surface area contributed by atoms with Gasteiger partial charge in [-0.15, -0.1) is 11.3 Å². The first-order valence-corrected chi connectivity index (χ1v) is 12.2. The molecule has 164 valence electrons. The van der Waals surface area contributed by atoms with Crippen molar-refractivity contribution in [3.8, 4) is 5.75 Å². The van der Waals surface area contributed by atoms with Crippen molar-refractivity contribution >= 4 is 55.8 Å². The van der Waals surface area contributed by atoms with E-state index in [0.717, 1.165) is 30.7 Å². The second-order valence-corrected chi connectivity index (χ2v) is 10.6. The molecule has 2 heterocycles. The minimum absolute atomic E-state index is 0.0382. The molecule has 1 fully saturated rings. The zero-order chi connectivity index (χ0) is 22.2. The van der Waals surface area contributed by atoms with Crippen LogP contribution < -0.4 is 9.64 Å². The number of thiophene rings is 1. The van der Waals surface area contributed by atoms with E-state index in [1.165, 1.54) is 5.56 Å². The summed E-state index contributed by atoms with van der Waals surface area (Å²) in [6.07, 6.45) is -0.335. The Bertz CT molecular complexity index is 1090. The fraction of sp³-hybridized carbons (Fsp3) is 0.375. The number of benzene rings is 2. The maximum absolute atomic E-state index is 13.1. The molecule has 1 atom stereocenters. The molecule has 1 aliphatic rings. The maximum Gasteiger partial charge on any atom is 0.414 e. The van der Waals surface area contributed by atoms with E-state index in [4.69, 9.17) is 14.2 Å². The Morgan fingerprint density at radius 1 is 1.29 bits per heavy atom. The van der Waals surface area contributed by atoms with Gasteiger partial charge < -0.3 is 14.2 Å². The fourth-order valence-corrected chi connectivity index (χ4v) is 5.64. The van der Waals surface area contributed by atoms with Gasteiger partial charge in [-0.1, -0.05) is 30.3 Å². The van der Waals surface area contributed by atoms with E-state index in [2.05, 4.69) is 34.9 Å². The molecule has 0 radical (unpaired) electrons. The van der Waals surface area contributed by atoms with Crippen molar-refractivity contribution < 1.29 is 19.0 Å². The number of halogens is 1. The molecule has 4 rings (SSSR count).